The number of hydrogen-bond acceptors (Lipinski definition) is 4. The van der Waals surface area contributed by atoms with Crippen LogP contribution in [0, 0.1) is 5.82 Å². The van der Waals surface area contributed by atoms with Gasteiger partial charge in [-0.05, 0) is 28.1 Å². The number of thioether (sulfide) groups is 1. The number of rotatable bonds is 4. The molecule has 4 nitrogen and oxygen atoms in total. The van der Waals surface area contributed by atoms with Gasteiger partial charge < -0.3 is 16.0 Å². The van der Waals surface area contributed by atoms with Crippen LogP contribution in [0.15, 0.2) is 26.7 Å². The summed E-state index contributed by atoms with van der Waals surface area (Å²) in [5, 5.41) is 20.2. The van der Waals surface area contributed by atoms with Crippen LogP contribution in [-0.2, 0) is 0 Å². The quantitative estimate of drug-likeness (QED) is 0.261. The van der Waals surface area contributed by atoms with E-state index in [-0.39, 0.29) is 27.7 Å². The fraction of sp³-hybridized carbons (Fsp3) is 0.300. The first-order valence-electron chi connectivity index (χ1n) is 4.74. The summed E-state index contributed by atoms with van der Waals surface area (Å²) in [5.41, 5.74) is 5.68. The molecule has 1 atom stereocenters. The van der Waals surface area contributed by atoms with Crippen LogP contribution in [0.2, 0.25) is 0 Å². The van der Waals surface area contributed by atoms with Gasteiger partial charge in [0, 0.05) is 15.7 Å². The van der Waals surface area contributed by atoms with E-state index in [0.717, 1.165) is 0 Å². The molecule has 1 unspecified atom stereocenters. The Kier molecular flexibility index (Phi) is 5.23. The zero-order chi connectivity index (χ0) is 13.0. The van der Waals surface area contributed by atoms with Crippen molar-refractivity contribution in [2.75, 3.05) is 6.61 Å². The van der Waals surface area contributed by atoms with Crippen molar-refractivity contribution in [2.45, 2.75) is 17.1 Å². The van der Waals surface area contributed by atoms with Gasteiger partial charge in [-0.15, -0.1) is 11.8 Å². The van der Waals surface area contributed by atoms with E-state index >= 15 is 0 Å². The first kappa shape index (κ1) is 14.3. The summed E-state index contributed by atoms with van der Waals surface area (Å²) in [6.45, 7) is 1.75. The van der Waals surface area contributed by atoms with Crippen LogP contribution in [0.25, 0.3) is 0 Å². The van der Waals surface area contributed by atoms with E-state index in [1.54, 1.807) is 13.0 Å². The maximum atomic E-state index is 13.9. The molecule has 0 saturated carbocycles. The summed E-state index contributed by atoms with van der Waals surface area (Å²) in [5.74, 6) is -0.651. The van der Waals surface area contributed by atoms with Crippen LogP contribution in [0.4, 0.5) is 4.39 Å². The van der Waals surface area contributed by atoms with Crippen LogP contribution in [0.5, 0.6) is 0 Å². The van der Waals surface area contributed by atoms with Gasteiger partial charge in [-0.1, -0.05) is 12.1 Å². The van der Waals surface area contributed by atoms with E-state index in [4.69, 9.17) is 16.0 Å². The number of nitrogens with two attached hydrogens (primary N) is 1. The summed E-state index contributed by atoms with van der Waals surface area (Å²) in [6.07, 6.45) is 0. The average molecular weight is 323 g/mol. The SMILES string of the molecule is CC(CO)Sc1ccc(/C(N)=N/O)c(Br)c1F. The molecular weight excluding hydrogens is 311 g/mol. The molecule has 0 fully saturated rings. The molecule has 0 radical (unpaired) electrons. The van der Waals surface area contributed by atoms with Crippen molar-refractivity contribution in [3.05, 3.63) is 28.0 Å². The molecule has 4 N–H and O–H groups in total. The fourth-order valence-corrected chi connectivity index (χ4v) is 2.67. The topological polar surface area (TPSA) is 78.8 Å². The lowest BCUT2D eigenvalue weighted by Gasteiger charge is -2.11. The van der Waals surface area contributed by atoms with Gasteiger partial charge in [-0.3, -0.25) is 0 Å². The highest BCUT2D eigenvalue weighted by Crippen LogP contribution is 2.32. The van der Waals surface area contributed by atoms with Gasteiger partial charge in [0.1, 0.15) is 0 Å². The highest BCUT2D eigenvalue weighted by molar-refractivity contribution is 9.10. The zero-order valence-corrected chi connectivity index (χ0v) is 11.4. The number of aliphatic hydroxyl groups excluding tert-OH is 1. The second-order valence-electron chi connectivity index (χ2n) is 3.34. The Morgan fingerprint density at radius 1 is 1.65 bits per heavy atom. The monoisotopic (exact) mass is 322 g/mol. The molecule has 0 amide bonds. The Morgan fingerprint density at radius 2 is 2.29 bits per heavy atom. The third-order valence-corrected chi connectivity index (χ3v) is 3.91. The highest BCUT2D eigenvalue weighted by Gasteiger charge is 2.15. The lowest BCUT2D eigenvalue weighted by Crippen LogP contribution is -2.14. The molecule has 17 heavy (non-hydrogen) atoms. The second kappa shape index (κ2) is 6.23. The van der Waals surface area contributed by atoms with Crippen molar-refractivity contribution in [3.8, 4) is 0 Å². The van der Waals surface area contributed by atoms with Gasteiger partial charge in [0.25, 0.3) is 0 Å². The maximum absolute atomic E-state index is 13.9. The van der Waals surface area contributed by atoms with Gasteiger partial charge in [-0.25, -0.2) is 4.39 Å². The summed E-state index contributed by atoms with van der Waals surface area (Å²) in [6, 6.07) is 3.08. The van der Waals surface area contributed by atoms with Crippen LogP contribution in [-0.4, -0.2) is 28.0 Å². The lowest BCUT2D eigenvalue weighted by molar-refractivity contribution is 0.300. The summed E-state index contributed by atoms with van der Waals surface area (Å²) < 4.78 is 14.1. The van der Waals surface area contributed by atoms with Crippen molar-refractivity contribution >= 4 is 33.5 Å². The molecule has 0 aromatic heterocycles. The van der Waals surface area contributed by atoms with Crippen LogP contribution >= 0.6 is 27.7 Å². The smallest absolute Gasteiger partial charge is 0.171 e. The van der Waals surface area contributed by atoms with Gasteiger partial charge >= 0.3 is 0 Å². The second-order valence-corrected chi connectivity index (χ2v) is 5.61. The molecular formula is C10H12BrFN2O2S. The molecule has 1 aromatic carbocycles. The van der Waals surface area contributed by atoms with E-state index in [1.165, 1.54) is 17.8 Å². The number of amidine groups is 1. The molecule has 0 aliphatic rings. The summed E-state index contributed by atoms with van der Waals surface area (Å²) >= 11 is 4.28. The predicted molar refractivity (Wildman–Crippen MR) is 69.0 cm³/mol. The standard InChI is InChI=1S/C10H12BrFN2O2S/c1-5(4-15)17-7-3-2-6(10(13)14-16)8(11)9(7)12/h2-3,5,15-16H,4H2,1H3,(H2,13,14). The minimum Gasteiger partial charge on any atom is -0.409 e. The average Bonchev–Trinajstić information content (AvgIpc) is 2.34. The van der Waals surface area contributed by atoms with Crippen molar-refractivity contribution in [3.63, 3.8) is 0 Å². The Labute approximate surface area is 111 Å². The molecule has 1 rings (SSSR count). The van der Waals surface area contributed by atoms with Gasteiger partial charge in [0.2, 0.25) is 0 Å². The molecule has 0 heterocycles. The molecule has 7 heteroatoms. The van der Waals surface area contributed by atoms with Crippen molar-refractivity contribution < 1.29 is 14.7 Å². The number of hydrogen-bond donors (Lipinski definition) is 3. The van der Waals surface area contributed by atoms with Crippen molar-refractivity contribution in [1.29, 1.82) is 0 Å². The summed E-state index contributed by atoms with van der Waals surface area (Å²) in [4.78, 5) is 0.396. The fourth-order valence-electron chi connectivity index (χ4n) is 1.13. The number of nitrogens with zero attached hydrogens (tertiary/aromatic N) is 1. The number of aliphatic hydroxyl groups is 1. The Hall–Kier alpha value is -0.790. The van der Waals surface area contributed by atoms with Gasteiger partial charge in [0.05, 0.1) is 11.1 Å². The first-order chi connectivity index (χ1) is 8.01. The Morgan fingerprint density at radius 3 is 2.82 bits per heavy atom. The van der Waals surface area contributed by atoms with E-state index in [2.05, 4.69) is 21.1 Å². The van der Waals surface area contributed by atoms with E-state index in [1.807, 2.05) is 0 Å². The van der Waals surface area contributed by atoms with Crippen molar-refractivity contribution in [2.24, 2.45) is 10.9 Å². The Bertz CT molecular complexity index is 443. The van der Waals surface area contributed by atoms with Crippen LogP contribution in [0.1, 0.15) is 12.5 Å². The molecule has 0 bridgehead atoms. The number of halogens is 2. The highest BCUT2D eigenvalue weighted by atomic mass is 79.9. The van der Waals surface area contributed by atoms with E-state index in [9.17, 15) is 4.39 Å². The largest absolute Gasteiger partial charge is 0.409 e. The molecule has 0 aliphatic heterocycles. The van der Waals surface area contributed by atoms with E-state index in [0.29, 0.717) is 4.90 Å². The molecule has 1 aromatic rings. The number of benzene rings is 1. The van der Waals surface area contributed by atoms with Crippen LogP contribution < -0.4 is 5.73 Å². The lowest BCUT2D eigenvalue weighted by atomic mass is 10.2. The third kappa shape index (κ3) is 3.34. The number of oxime groups is 1. The predicted octanol–water partition coefficient (Wildman–Crippen LogP) is 2.16. The van der Waals surface area contributed by atoms with Crippen LogP contribution in [0.3, 0.4) is 0 Å². The maximum Gasteiger partial charge on any atom is 0.171 e. The Balaban J connectivity index is 3.11. The summed E-state index contributed by atoms with van der Waals surface area (Å²) in [7, 11) is 0. The van der Waals surface area contributed by atoms with E-state index < -0.39 is 5.82 Å². The van der Waals surface area contributed by atoms with Gasteiger partial charge in [0.15, 0.2) is 11.7 Å². The first-order valence-corrected chi connectivity index (χ1v) is 6.42. The minimum absolute atomic E-state index is 0.0380. The third-order valence-electron chi connectivity index (χ3n) is 2.02. The molecule has 0 spiro atoms. The molecule has 94 valence electrons. The molecule has 0 saturated heterocycles. The molecule has 0 aliphatic carbocycles. The normalized spacial score (nSPS) is 13.8. The van der Waals surface area contributed by atoms with Gasteiger partial charge in [-0.2, -0.15) is 0 Å². The minimum atomic E-state index is -0.487. The van der Waals surface area contributed by atoms with Crippen molar-refractivity contribution in [1.82, 2.24) is 0 Å². The zero-order valence-electron chi connectivity index (χ0n) is 9.02.